The summed E-state index contributed by atoms with van der Waals surface area (Å²) >= 11 is 1.77. The van der Waals surface area contributed by atoms with Crippen LogP contribution in [0.15, 0.2) is 70.6 Å². The van der Waals surface area contributed by atoms with Gasteiger partial charge in [0.25, 0.3) is 0 Å². The van der Waals surface area contributed by atoms with E-state index in [1.807, 2.05) is 24.4 Å². The minimum absolute atomic E-state index is 1.04. The molecule has 0 aliphatic carbocycles. The molecule has 1 aliphatic rings. The second kappa shape index (κ2) is 4.60. The van der Waals surface area contributed by atoms with Gasteiger partial charge in [0, 0.05) is 16.0 Å². The van der Waals surface area contributed by atoms with E-state index in [4.69, 9.17) is 0 Å². The Kier molecular flexibility index (Phi) is 2.80. The molecule has 1 nitrogen and oxygen atoms in total. The Labute approximate surface area is 105 Å². The molecule has 2 aromatic carbocycles. The van der Waals surface area contributed by atoms with Crippen molar-refractivity contribution in [1.82, 2.24) is 0 Å². The lowest BCUT2D eigenvalue weighted by atomic mass is 10.2. The highest BCUT2D eigenvalue weighted by Gasteiger charge is 2.08. The van der Waals surface area contributed by atoms with Crippen molar-refractivity contribution in [1.29, 1.82) is 0 Å². The molecule has 0 atom stereocenters. The SMILES string of the molecule is C1=Nc2ccccc2SC(c2ccccc2)=C1. The summed E-state index contributed by atoms with van der Waals surface area (Å²) in [6.07, 6.45) is 3.95. The number of hydrogen-bond acceptors (Lipinski definition) is 2. The van der Waals surface area contributed by atoms with Gasteiger partial charge in [-0.3, -0.25) is 4.99 Å². The van der Waals surface area contributed by atoms with Crippen molar-refractivity contribution in [3.8, 4) is 0 Å². The second-order valence-electron chi connectivity index (χ2n) is 3.74. The monoisotopic (exact) mass is 237 g/mol. The molecule has 0 aromatic heterocycles. The maximum Gasteiger partial charge on any atom is 0.0768 e. The van der Waals surface area contributed by atoms with Gasteiger partial charge in [-0.25, -0.2) is 0 Å². The standard InChI is InChI=1S/C15H11NS/c1-2-6-12(7-3-1)14-10-11-16-13-8-4-5-9-15(13)17-14/h1-11H. The number of hydrogen-bond donors (Lipinski definition) is 0. The van der Waals surface area contributed by atoms with E-state index in [1.165, 1.54) is 15.4 Å². The summed E-state index contributed by atoms with van der Waals surface area (Å²) < 4.78 is 0. The fourth-order valence-corrected chi connectivity index (χ4v) is 2.74. The molecular weight excluding hydrogens is 226 g/mol. The first-order valence-corrected chi connectivity index (χ1v) is 6.32. The number of nitrogens with zero attached hydrogens (tertiary/aromatic N) is 1. The van der Waals surface area contributed by atoms with Gasteiger partial charge in [0.1, 0.15) is 0 Å². The summed E-state index contributed by atoms with van der Waals surface area (Å²) in [6, 6.07) is 18.6. The smallest absolute Gasteiger partial charge is 0.0768 e. The Morgan fingerprint density at radius 2 is 1.59 bits per heavy atom. The maximum absolute atomic E-state index is 4.44. The van der Waals surface area contributed by atoms with Crippen molar-refractivity contribution in [2.45, 2.75) is 4.90 Å². The van der Waals surface area contributed by atoms with Gasteiger partial charge < -0.3 is 0 Å². The molecule has 0 saturated carbocycles. The normalized spacial score (nSPS) is 13.8. The molecule has 0 saturated heterocycles. The number of para-hydroxylation sites is 1. The number of allylic oxidation sites excluding steroid dienone is 1. The lowest BCUT2D eigenvalue weighted by molar-refractivity contribution is 1.39. The Hall–Kier alpha value is -1.80. The number of benzene rings is 2. The summed E-state index contributed by atoms with van der Waals surface area (Å²) in [5.41, 5.74) is 2.28. The van der Waals surface area contributed by atoms with Crippen LogP contribution in [0.25, 0.3) is 4.91 Å². The van der Waals surface area contributed by atoms with Crippen LogP contribution in [0.4, 0.5) is 5.69 Å². The van der Waals surface area contributed by atoms with Gasteiger partial charge in [0.05, 0.1) is 5.69 Å². The molecule has 1 heterocycles. The molecule has 1 aliphatic heterocycles. The zero-order chi connectivity index (χ0) is 11.5. The van der Waals surface area contributed by atoms with Gasteiger partial charge in [0.15, 0.2) is 0 Å². The second-order valence-corrected chi connectivity index (χ2v) is 4.83. The number of rotatable bonds is 1. The van der Waals surface area contributed by atoms with Gasteiger partial charge in [0.2, 0.25) is 0 Å². The minimum Gasteiger partial charge on any atom is -0.256 e. The van der Waals surface area contributed by atoms with Crippen LogP contribution in [0.5, 0.6) is 0 Å². The highest BCUT2D eigenvalue weighted by Crippen LogP contribution is 2.40. The van der Waals surface area contributed by atoms with E-state index in [2.05, 4.69) is 47.5 Å². The molecule has 82 valence electrons. The average molecular weight is 237 g/mol. The third kappa shape index (κ3) is 2.17. The average Bonchev–Trinajstić information content (AvgIpc) is 2.62. The van der Waals surface area contributed by atoms with Gasteiger partial charge in [-0.2, -0.15) is 0 Å². The zero-order valence-electron chi connectivity index (χ0n) is 9.21. The zero-order valence-corrected chi connectivity index (χ0v) is 10.0. The van der Waals surface area contributed by atoms with E-state index in [0.29, 0.717) is 0 Å². The first-order chi connectivity index (χ1) is 8.43. The van der Waals surface area contributed by atoms with Crippen molar-refractivity contribution in [3.05, 3.63) is 66.2 Å². The van der Waals surface area contributed by atoms with Crippen LogP contribution in [0.2, 0.25) is 0 Å². The van der Waals surface area contributed by atoms with E-state index in [0.717, 1.165) is 5.69 Å². The van der Waals surface area contributed by atoms with Crippen molar-refractivity contribution in [3.63, 3.8) is 0 Å². The van der Waals surface area contributed by atoms with E-state index < -0.39 is 0 Å². The van der Waals surface area contributed by atoms with Crippen molar-refractivity contribution >= 4 is 28.6 Å². The number of aliphatic imine (C=N–C) groups is 1. The quantitative estimate of drug-likeness (QED) is 0.709. The third-order valence-electron chi connectivity index (χ3n) is 2.58. The van der Waals surface area contributed by atoms with Crippen LogP contribution < -0.4 is 0 Å². The summed E-state index contributed by atoms with van der Waals surface area (Å²) in [6.45, 7) is 0. The van der Waals surface area contributed by atoms with Gasteiger partial charge in [-0.1, -0.05) is 54.2 Å². The molecular formula is C15H11NS. The molecule has 0 amide bonds. The van der Waals surface area contributed by atoms with Gasteiger partial charge >= 0.3 is 0 Å². The van der Waals surface area contributed by atoms with Gasteiger partial charge in [-0.15, -0.1) is 0 Å². The largest absolute Gasteiger partial charge is 0.256 e. The van der Waals surface area contributed by atoms with Crippen molar-refractivity contribution in [2.24, 2.45) is 4.99 Å². The van der Waals surface area contributed by atoms with Crippen LogP contribution >= 0.6 is 11.8 Å². The fourth-order valence-electron chi connectivity index (χ4n) is 1.75. The summed E-state index contributed by atoms with van der Waals surface area (Å²) in [7, 11) is 0. The number of fused-ring (bicyclic) bond motifs is 1. The lowest BCUT2D eigenvalue weighted by Crippen LogP contribution is -1.79. The van der Waals surface area contributed by atoms with Crippen LogP contribution in [0, 0.1) is 0 Å². The van der Waals surface area contributed by atoms with Crippen molar-refractivity contribution in [2.75, 3.05) is 0 Å². The molecule has 0 spiro atoms. The topological polar surface area (TPSA) is 12.4 Å². The molecule has 2 aromatic rings. The molecule has 0 fully saturated rings. The van der Waals surface area contributed by atoms with E-state index >= 15 is 0 Å². The molecule has 0 N–H and O–H groups in total. The van der Waals surface area contributed by atoms with E-state index in [-0.39, 0.29) is 0 Å². The highest BCUT2D eigenvalue weighted by molar-refractivity contribution is 8.08. The Balaban J connectivity index is 2.02. The molecule has 17 heavy (non-hydrogen) atoms. The molecule has 3 rings (SSSR count). The lowest BCUT2D eigenvalue weighted by Gasteiger charge is -2.06. The predicted octanol–water partition coefficient (Wildman–Crippen LogP) is 4.54. The molecule has 2 heteroatoms. The molecule has 0 unspecified atom stereocenters. The Morgan fingerprint density at radius 1 is 0.824 bits per heavy atom. The first kappa shape index (κ1) is 10.4. The number of thioether (sulfide) groups is 1. The van der Waals surface area contributed by atoms with Gasteiger partial charge in [-0.05, 0) is 23.8 Å². The predicted molar refractivity (Wildman–Crippen MR) is 74.9 cm³/mol. The summed E-state index contributed by atoms with van der Waals surface area (Å²) in [5, 5.41) is 0. The van der Waals surface area contributed by atoms with Crippen LogP contribution in [-0.2, 0) is 0 Å². The van der Waals surface area contributed by atoms with Crippen LogP contribution in [0.1, 0.15) is 5.56 Å². The van der Waals surface area contributed by atoms with Crippen LogP contribution in [-0.4, -0.2) is 6.21 Å². The Morgan fingerprint density at radius 3 is 2.47 bits per heavy atom. The maximum atomic E-state index is 4.44. The highest BCUT2D eigenvalue weighted by atomic mass is 32.2. The summed E-state index contributed by atoms with van der Waals surface area (Å²) in [5.74, 6) is 0. The molecule has 0 radical (unpaired) electrons. The Bertz CT molecular complexity index is 585. The van der Waals surface area contributed by atoms with E-state index in [1.54, 1.807) is 11.8 Å². The van der Waals surface area contributed by atoms with Crippen LogP contribution in [0.3, 0.4) is 0 Å². The third-order valence-corrected chi connectivity index (χ3v) is 3.74. The summed E-state index contributed by atoms with van der Waals surface area (Å²) in [4.78, 5) is 6.88. The fraction of sp³-hybridized carbons (Fsp3) is 0. The van der Waals surface area contributed by atoms with E-state index in [9.17, 15) is 0 Å². The van der Waals surface area contributed by atoms with Crippen molar-refractivity contribution < 1.29 is 0 Å². The minimum atomic E-state index is 1.04. The first-order valence-electron chi connectivity index (χ1n) is 5.50. The molecule has 0 bridgehead atoms.